The van der Waals surface area contributed by atoms with E-state index < -0.39 is 29.1 Å². The highest BCUT2D eigenvalue weighted by Gasteiger charge is 2.62. The second kappa shape index (κ2) is 3.88. The first-order chi connectivity index (χ1) is 9.04. The van der Waals surface area contributed by atoms with Gasteiger partial charge in [0.1, 0.15) is 11.2 Å². The first-order valence-electron chi connectivity index (χ1n) is 5.95. The van der Waals surface area contributed by atoms with Gasteiger partial charge in [-0.05, 0) is 18.9 Å². The van der Waals surface area contributed by atoms with E-state index in [-0.39, 0.29) is 12.1 Å². The number of carbonyl (C=O) groups is 3. The van der Waals surface area contributed by atoms with Crippen molar-refractivity contribution < 1.29 is 18.8 Å². The number of hydrogen-bond donors (Lipinski definition) is 1. The predicted molar refractivity (Wildman–Crippen MR) is 62.2 cm³/mol. The number of rotatable bonds is 2. The molecule has 6 heteroatoms. The van der Waals surface area contributed by atoms with Crippen LogP contribution in [0.3, 0.4) is 0 Å². The normalized spacial score (nSPS) is 20.7. The second-order valence-corrected chi connectivity index (χ2v) is 4.82. The summed E-state index contributed by atoms with van der Waals surface area (Å²) in [5, 5.41) is 2.16. The largest absolute Gasteiger partial charge is 0.331 e. The van der Waals surface area contributed by atoms with Crippen molar-refractivity contribution in [1.29, 1.82) is 0 Å². The molecule has 2 fully saturated rings. The summed E-state index contributed by atoms with van der Waals surface area (Å²) in [7, 11) is 0. The van der Waals surface area contributed by atoms with Crippen LogP contribution >= 0.6 is 0 Å². The highest BCUT2D eigenvalue weighted by Crippen LogP contribution is 2.49. The Morgan fingerprint density at radius 2 is 1.89 bits per heavy atom. The molecule has 0 aromatic heterocycles. The zero-order valence-corrected chi connectivity index (χ0v) is 9.98. The minimum Gasteiger partial charge on any atom is -0.277 e. The molecule has 1 saturated heterocycles. The molecular formula is C13H11FN2O3. The third-order valence-electron chi connectivity index (χ3n) is 3.59. The van der Waals surface area contributed by atoms with Crippen LogP contribution in [0.5, 0.6) is 0 Å². The molecule has 0 unspecified atom stereocenters. The molecule has 1 N–H and O–H groups in total. The van der Waals surface area contributed by atoms with Gasteiger partial charge in [0.15, 0.2) is 0 Å². The summed E-state index contributed by atoms with van der Waals surface area (Å²) in [6, 6.07) is 5.15. The van der Waals surface area contributed by atoms with E-state index in [2.05, 4.69) is 5.32 Å². The van der Waals surface area contributed by atoms with E-state index in [0.717, 1.165) is 4.90 Å². The third kappa shape index (κ3) is 1.71. The molecule has 0 atom stereocenters. The first-order valence-corrected chi connectivity index (χ1v) is 5.95. The first kappa shape index (κ1) is 11.8. The van der Waals surface area contributed by atoms with Crippen LogP contribution in [0.2, 0.25) is 0 Å². The fraction of sp³-hybridized carbons (Fsp3) is 0.308. The molecule has 4 amide bonds. The van der Waals surface area contributed by atoms with Gasteiger partial charge in [0.25, 0.3) is 0 Å². The number of urea groups is 1. The summed E-state index contributed by atoms with van der Waals surface area (Å²) < 4.78 is 13.5. The summed E-state index contributed by atoms with van der Waals surface area (Å²) in [6.45, 7) is -0.160. The number of barbiturate groups is 1. The molecular weight excluding hydrogens is 251 g/mol. The van der Waals surface area contributed by atoms with Gasteiger partial charge < -0.3 is 0 Å². The highest BCUT2D eigenvalue weighted by atomic mass is 19.1. The number of halogens is 1. The predicted octanol–water partition coefficient (Wildman–Crippen LogP) is 1.18. The van der Waals surface area contributed by atoms with Crippen molar-refractivity contribution in [3.63, 3.8) is 0 Å². The topological polar surface area (TPSA) is 66.5 Å². The molecule has 19 heavy (non-hydrogen) atoms. The van der Waals surface area contributed by atoms with E-state index in [1.165, 1.54) is 18.2 Å². The van der Waals surface area contributed by atoms with Crippen molar-refractivity contribution in [2.75, 3.05) is 0 Å². The van der Waals surface area contributed by atoms with Crippen LogP contribution in [-0.2, 0) is 16.1 Å². The molecule has 1 aromatic carbocycles. The lowest BCUT2D eigenvalue weighted by Crippen LogP contribution is -2.58. The number of amides is 4. The number of nitrogens with zero attached hydrogens (tertiary/aromatic N) is 1. The van der Waals surface area contributed by atoms with E-state index in [1.807, 2.05) is 0 Å². The number of hydrogen-bond acceptors (Lipinski definition) is 3. The van der Waals surface area contributed by atoms with Gasteiger partial charge in [-0.25, -0.2) is 9.18 Å². The summed E-state index contributed by atoms with van der Waals surface area (Å²) in [6.07, 6.45) is 0.886. The van der Waals surface area contributed by atoms with Crippen LogP contribution in [0.25, 0.3) is 0 Å². The van der Waals surface area contributed by atoms with Crippen molar-refractivity contribution >= 4 is 17.8 Å². The average Bonchev–Trinajstić information content (AvgIpc) is 3.16. The monoisotopic (exact) mass is 262 g/mol. The summed E-state index contributed by atoms with van der Waals surface area (Å²) >= 11 is 0. The Labute approximate surface area is 108 Å². The van der Waals surface area contributed by atoms with Crippen LogP contribution in [0.4, 0.5) is 9.18 Å². The number of carbonyl (C=O) groups excluding carboxylic acids is 3. The number of imide groups is 2. The average molecular weight is 262 g/mol. The smallest absolute Gasteiger partial charge is 0.277 e. The molecule has 0 bridgehead atoms. The van der Waals surface area contributed by atoms with Crippen molar-refractivity contribution in [1.82, 2.24) is 10.2 Å². The lowest BCUT2D eigenvalue weighted by atomic mass is 10.0. The Morgan fingerprint density at radius 1 is 1.21 bits per heavy atom. The molecule has 98 valence electrons. The summed E-state index contributed by atoms with van der Waals surface area (Å²) in [5.74, 6) is -1.54. The van der Waals surface area contributed by atoms with Gasteiger partial charge in [-0.2, -0.15) is 0 Å². The number of benzene rings is 1. The lowest BCUT2D eigenvalue weighted by Gasteiger charge is -2.30. The molecule has 1 aromatic rings. The fourth-order valence-electron chi connectivity index (χ4n) is 2.24. The summed E-state index contributed by atoms with van der Waals surface area (Å²) in [5.41, 5.74) is -0.838. The fourth-order valence-corrected chi connectivity index (χ4v) is 2.24. The van der Waals surface area contributed by atoms with Crippen LogP contribution in [0, 0.1) is 11.2 Å². The molecule has 1 heterocycles. The van der Waals surface area contributed by atoms with Gasteiger partial charge in [-0.15, -0.1) is 0 Å². The lowest BCUT2D eigenvalue weighted by molar-refractivity contribution is -0.145. The Bertz CT molecular complexity index is 595. The second-order valence-electron chi connectivity index (χ2n) is 4.82. The molecule has 1 aliphatic carbocycles. The van der Waals surface area contributed by atoms with Crippen LogP contribution < -0.4 is 5.32 Å². The zero-order chi connectivity index (χ0) is 13.6. The van der Waals surface area contributed by atoms with E-state index in [0.29, 0.717) is 12.8 Å². The Kier molecular flexibility index (Phi) is 2.41. The highest BCUT2D eigenvalue weighted by molar-refractivity contribution is 6.20. The van der Waals surface area contributed by atoms with E-state index in [1.54, 1.807) is 6.07 Å². The number of nitrogens with one attached hydrogen (secondary N) is 1. The van der Waals surface area contributed by atoms with Gasteiger partial charge in [-0.1, -0.05) is 18.2 Å². The van der Waals surface area contributed by atoms with Gasteiger partial charge in [0.05, 0.1) is 6.54 Å². The van der Waals surface area contributed by atoms with Crippen molar-refractivity contribution in [2.24, 2.45) is 5.41 Å². The summed E-state index contributed by atoms with van der Waals surface area (Å²) in [4.78, 5) is 36.4. The molecule has 1 saturated carbocycles. The van der Waals surface area contributed by atoms with Gasteiger partial charge in [-0.3, -0.25) is 19.8 Å². The zero-order valence-electron chi connectivity index (χ0n) is 9.98. The van der Waals surface area contributed by atoms with Crippen LogP contribution in [0.1, 0.15) is 18.4 Å². The van der Waals surface area contributed by atoms with Crippen LogP contribution in [-0.4, -0.2) is 22.7 Å². The quantitative estimate of drug-likeness (QED) is 0.814. The molecule has 5 nitrogen and oxygen atoms in total. The Balaban J connectivity index is 1.88. The van der Waals surface area contributed by atoms with E-state index >= 15 is 0 Å². The minimum absolute atomic E-state index is 0.160. The third-order valence-corrected chi connectivity index (χ3v) is 3.59. The molecule has 0 radical (unpaired) electrons. The molecule has 1 spiro atoms. The Hall–Kier alpha value is -2.24. The molecule has 1 aliphatic heterocycles. The van der Waals surface area contributed by atoms with Crippen LogP contribution in [0.15, 0.2) is 24.3 Å². The Morgan fingerprint density at radius 3 is 2.53 bits per heavy atom. The maximum absolute atomic E-state index is 13.5. The van der Waals surface area contributed by atoms with Crippen molar-refractivity contribution in [3.05, 3.63) is 35.6 Å². The van der Waals surface area contributed by atoms with Gasteiger partial charge >= 0.3 is 6.03 Å². The van der Waals surface area contributed by atoms with Gasteiger partial charge in [0, 0.05) is 5.56 Å². The maximum Gasteiger partial charge on any atom is 0.331 e. The van der Waals surface area contributed by atoms with Crippen molar-refractivity contribution in [2.45, 2.75) is 19.4 Å². The van der Waals surface area contributed by atoms with E-state index in [9.17, 15) is 18.8 Å². The van der Waals surface area contributed by atoms with Crippen molar-refractivity contribution in [3.8, 4) is 0 Å². The molecule has 2 aliphatic rings. The molecule has 3 rings (SSSR count). The standard InChI is InChI=1S/C13H11FN2O3/c14-9-4-2-1-3-8(9)7-16-11(18)13(5-6-13)10(17)15-12(16)19/h1-4H,5-7H2,(H,15,17,19). The maximum atomic E-state index is 13.5. The minimum atomic E-state index is -1.08. The SMILES string of the molecule is O=C1NC(=O)C2(CC2)C(=O)N1Cc1ccccc1F. The van der Waals surface area contributed by atoms with E-state index in [4.69, 9.17) is 0 Å². The van der Waals surface area contributed by atoms with Gasteiger partial charge in [0.2, 0.25) is 11.8 Å².